The van der Waals surface area contributed by atoms with Crippen LogP contribution in [0.3, 0.4) is 0 Å². The first-order chi connectivity index (χ1) is 35.4. The topological polar surface area (TPSA) is 360 Å². The number of aliphatic carboxylic acids is 3. The van der Waals surface area contributed by atoms with E-state index in [0.717, 1.165) is 5.56 Å². The number of anilines is 1. The Morgan fingerprint density at radius 2 is 1.36 bits per heavy atom. The van der Waals surface area contributed by atoms with E-state index >= 15 is 0 Å². The SMILES string of the molecule is NC(N)=NCCC[C@H]1NCC(=O)[C@H](CCCCNC(=S)Nc2ccc(C[C@H]3CN(CC(=O)O)CCN(CC(=O)O)Cc4cccc(n4)CN3CC(=O)O)cc2)NC(=O)[C@@H](Cc2ccc(O)cc2)NC(=O)CNC1=O. The predicted molar refractivity (Wildman–Crippen MR) is 277 cm³/mol. The number of benzene rings is 2. The fourth-order valence-corrected chi connectivity index (χ4v) is 8.79. The van der Waals surface area contributed by atoms with E-state index in [1.807, 2.05) is 24.3 Å². The summed E-state index contributed by atoms with van der Waals surface area (Å²) in [4.78, 5) is 104. The van der Waals surface area contributed by atoms with E-state index in [0.29, 0.717) is 60.0 Å². The summed E-state index contributed by atoms with van der Waals surface area (Å²) in [5.74, 6) is -5.36. The minimum atomic E-state index is -1.11. The number of aromatic hydroxyl groups is 1. The number of ketones is 1. The van der Waals surface area contributed by atoms with Crippen molar-refractivity contribution in [1.82, 2.24) is 46.3 Å². The number of carboxylic acids is 3. The molecule has 5 rings (SSSR count). The lowest BCUT2D eigenvalue weighted by Crippen LogP contribution is -2.54. The zero-order valence-corrected chi connectivity index (χ0v) is 41.9. The van der Waals surface area contributed by atoms with Crippen LogP contribution in [0.15, 0.2) is 71.7 Å². The molecule has 4 atom stereocenters. The molecule has 400 valence electrons. The Bertz CT molecular complexity index is 2440. The zero-order valence-electron chi connectivity index (χ0n) is 41.0. The number of unbranched alkanes of at least 4 members (excludes halogenated alkanes) is 1. The molecule has 74 heavy (non-hydrogen) atoms. The highest BCUT2D eigenvalue weighted by atomic mass is 32.1. The van der Waals surface area contributed by atoms with Crippen LogP contribution < -0.4 is 43.4 Å². The Balaban J connectivity index is 1.21. The van der Waals surface area contributed by atoms with Crippen LogP contribution in [0, 0.1) is 0 Å². The number of rotatable bonds is 20. The van der Waals surface area contributed by atoms with Crippen LogP contribution in [0.5, 0.6) is 5.75 Å². The summed E-state index contributed by atoms with van der Waals surface area (Å²) in [7, 11) is 0. The van der Waals surface area contributed by atoms with Crippen molar-refractivity contribution in [3.05, 3.63) is 89.2 Å². The van der Waals surface area contributed by atoms with E-state index in [1.165, 1.54) is 12.1 Å². The van der Waals surface area contributed by atoms with Gasteiger partial charge < -0.3 is 58.5 Å². The Labute approximate surface area is 433 Å². The number of pyridine rings is 1. The second-order valence-corrected chi connectivity index (χ2v) is 18.6. The molecule has 14 N–H and O–H groups in total. The van der Waals surface area contributed by atoms with Gasteiger partial charge in [0.1, 0.15) is 11.8 Å². The molecule has 0 aliphatic carbocycles. The van der Waals surface area contributed by atoms with Crippen molar-refractivity contribution in [3.8, 4) is 5.75 Å². The van der Waals surface area contributed by atoms with Gasteiger partial charge in [-0.2, -0.15) is 0 Å². The number of phenolic OH excluding ortho intramolecular Hbond substituents is 1. The lowest BCUT2D eigenvalue weighted by atomic mass is 10.0. The quantitative estimate of drug-likeness (QED) is 0.0278. The van der Waals surface area contributed by atoms with Gasteiger partial charge in [-0.15, -0.1) is 0 Å². The second kappa shape index (κ2) is 29.4. The van der Waals surface area contributed by atoms with Crippen LogP contribution in [0.4, 0.5) is 5.69 Å². The number of guanidine groups is 1. The normalized spacial score (nSPS) is 19.8. The van der Waals surface area contributed by atoms with Gasteiger partial charge in [-0.05, 0) is 98.3 Å². The first-order valence-electron chi connectivity index (χ1n) is 24.3. The summed E-state index contributed by atoms with van der Waals surface area (Å²) in [6.07, 6.45) is 2.24. The molecule has 0 spiro atoms. The van der Waals surface area contributed by atoms with Crippen LogP contribution in [0.2, 0.25) is 0 Å². The van der Waals surface area contributed by atoms with Gasteiger partial charge in [0.25, 0.3) is 0 Å². The molecule has 3 heterocycles. The summed E-state index contributed by atoms with van der Waals surface area (Å²) < 4.78 is 0. The number of Topliss-reactive ketones (excluding diaryl/α,β-unsaturated/α-hetero) is 1. The molecule has 1 aromatic heterocycles. The smallest absolute Gasteiger partial charge is 0.317 e. The molecule has 2 bridgehead atoms. The number of nitrogens with two attached hydrogens (primary N) is 2. The van der Waals surface area contributed by atoms with Crippen LogP contribution >= 0.6 is 12.2 Å². The summed E-state index contributed by atoms with van der Waals surface area (Å²) in [5, 5.41) is 56.9. The molecular weight excluding hydrogens is 979 g/mol. The molecule has 0 unspecified atom stereocenters. The van der Waals surface area contributed by atoms with Gasteiger partial charge in [-0.3, -0.25) is 63.6 Å². The van der Waals surface area contributed by atoms with Gasteiger partial charge in [0.2, 0.25) is 17.7 Å². The summed E-state index contributed by atoms with van der Waals surface area (Å²) in [6.45, 7) is 0.0172. The Hall–Kier alpha value is -7.32. The number of nitrogens with one attached hydrogen (secondary N) is 6. The lowest BCUT2D eigenvalue weighted by Gasteiger charge is -2.36. The van der Waals surface area contributed by atoms with Gasteiger partial charge >= 0.3 is 17.9 Å². The minimum absolute atomic E-state index is 0.0227. The van der Waals surface area contributed by atoms with E-state index in [4.69, 9.17) is 28.7 Å². The fraction of sp³-hybridized carbons (Fsp3) is 0.469. The van der Waals surface area contributed by atoms with Crippen molar-refractivity contribution in [2.45, 2.75) is 82.2 Å². The Kier molecular flexibility index (Phi) is 22.9. The number of hydrogen-bond acceptors (Lipinski definition) is 15. The molecule has 3 aromatic rings. The van der Waals surface area contributed by atoms with E-state index in [2.05, 4.69) is 36.9 Å². The molecule has 0 radical (unpaired) electrons. The average Bonchev–Trinajstić information content (AvgIpc) is 3.34. The van der Waals surface area contributed by atoms with Crippen molar-refractivity contribution in [1.29, 1.82) is 0 Å². The molecule has 2 aliphatic rings. The van der Waals surface area contributed by atoms with E-state index < -0.39 is 66.3 Å². The first-order valence-corrected chi connectivity index (χ1v) is 24.7. The third-order valence-electron chi connectivity index (χ3n) is 12.2. The number of fused-ring (bicyclic) bond motifs is 2. The largest absolute Gasteiger partial charge is 0.508 e. The Morgan fingerprint density at radius 3 is 2.05 bits per heavy atom. The number of aromatic nitrogens is 1. The van der Waals surface area contributed by atoms with Crippen molar-refractivity contribution >= 4 is 70.4 Å². The maximum absolute atomic E-state index is 13.8. The predicted octanol–water partition coefficient (Wildman–Crippen LogP) is -1.05. The highest BCUT2D eigenvalue weighted by molar-refractivity contribution is 7.80. The average molecular weight is 1050 g/mol. The van der Waals surface area contributed by atoms with Crippen LogP contribution in [-0.4, -0.2) is 182 Å². The first kappa shape index (κ1) is 57.6. The Morgan fingerprint density at radius 1 is 0.730 bits per heavy atom. The van der Waals surface area contributed by atoms with E-state index in [9.17, 15) is 54.0 Å². The molecule has 2 aliphatic heterocycles. The van der Waals surface area contributed by atoms with Crippen LogP contribution in [-0.2, 0) is 59.5 Å². The standard InChI is InChI=1S/C49H67N13O11S/c50-48(51)52-18-4-8-39-46(72)55-24-42(65)58-40(22-32-11-15-37(63)16-12-32)47(73)59-38(41(64)23-54-39)7-1-2-17-53-49(74)57-33-13-9-31(10-14-33)21-36-27-61(29-44(68)69)20-19-60(28-43(66)67)25-34-5-3-6-35(56-34)26-62(36)30-45(70)71/h3,5-6,9-16,36,38-40,54,63H,1-2,4,7-8,17-30H2,(H,55,72)(H,58,65)(H,59,73)(H,66,67)(H,68,69)(H,70,71)(H4,50,51,52)(H2,53,57,74)/t36-,38-,39+,40+/m0/s1. The number of amides is 3. The third kappa shape index (κ3) is 20.7. The molecule has 1 fully saturated rings. The van der Waals surface area contributed by atoms with E-state index in [-0.39, 0.29) is 102 Å². The van der Waals surface area contributed by atoms with Gasteiger partial charge in [-0.25, -0.2) is 0 Å². The molecule has 25 heteroatoms. The lowest BCUT2D eigenvalue weighted by molar-refractivity contribution is -0.141. The molecular formula is C49H67N13O11S. The van der Waals surface area contributed by atoms with Crippen molar-refractivity contribution in [3.63, 3.8) is 0 Å². The van der Waals surface area contributed by atoms with Crippen molar-refractivity contribution < 1.29 is 54.0 Å². The third-order valence-corrected chi connectivity index (χ3v) is 12.5. The van der Waals surface area contributed by atoms with Crippen LogP contribution in [0.1, 0.15) is 54.6 Å². The highest BCUT2D eigenvalue weighted by Gasteiger charge is 2.31. The number of phenols is 1. The molecule has 24 nitrogen and oxygen atoms in total. The van der Waals surface area contributed by atoms with E-state index in [1.54, 1.807) is 45.0 Å². The number of carbonyl (C=O) groups excluding carboxylic acids is 4. The molecule has 0 saturated carbocycles. The zero-order chi connectivity index (χ0) is 53.6. The monoisotopic (exact) mass is 1050 g/mol. The van der Waals surface area contributed by atoms with Crippen molar-refractivity contribution in [2.75, 3.05) is 70.8 Å². The van der Waals surface area contributed by atoms with Gasteiger partial charge in [0.05, 0.1) is 56.2 Å². The van der Waals surface area contributed by atoms with Gasteiger partial charge in [0, 0.05) is 64.0 Å². The number of nitrogens with zero attached hydrogens (tertiary/aromatic N) is 5. The highest BCUT2D eigenvalue weighted by Crippen LogP contribution is 2.19. The summed E-state index contributed by atoms with van der Waals surface area (Å²) in [6, 6.07) is 15.4. The maximum atomic E-state index is 13.8. The van der Waals surface area contributed by atoms with Crippen molar-refractivity contribution in [2.24, 2.45) is 16.5 Å². The number of carbonyl (C=O) groups is 7. The number of aliphatic imine (C=N–C) groups is 1. The molecule has 2 aromatic carbocycles. The molecule has 1 saturated heterocycles. The number of hydrogen-bond donors (Lipinski definition) is 12. The fourth-order valence-electron chi connectivity index (χ4n) is 8.57. The van der Waals surface area contributed by atoms with Gasteiger partial charge in [-0.1, -0.05) is 30.3 Å². The number of carboxylic acid groups (broad SMARTS) is 3. The van der Waals surface area contributed by atoms with Crippen LogP contribution in [0.25, 0.3) is 0 Å². The second-order valence-electron chi connectivity index (χ2n) is 18.2. The summed E-state index contributed by atoms with van der Waals surface area (Å²) in [5.41, 5.74) is 14.2. The molecule has 3 amide bonds. The summed E-state index contributed by atoms with van der Waals surface area (Å²) >= 11 is 5.59. The minimum Gasteiger partial charge on any atom is -0.508 e. The number of thiocarbonyl (C=S) groups is 1. The van der Waals surface area contributed by atoms with Gasteiger partial charge in [0.15, 0.2) is 16.9 Å². The maximum Gasteiger partial charge on any atom is 0.317 e.